The van der Waals surface area contributed by atoms with E-state index in [0.717, 1.165) is 11.5 Å². The normalized spacial score (nSPS) is 22.3. The molecule has 1 aliphatic rings. The maximum atomic E-state index is 8.85. The van der Waals surface area contributed by atoms with Crippen molar-refractivity contribution in [1.82, 2.24) is 0 Å². The Labute approximate surface area is 129 Å². The van der Waals surface area contributed by atoms with E-state index in [-0.39, 0.29) is 0 Å². The van der Waals surface area contributed by atoms with Gasteiger partial charge in [0.05, 0.1) is 11.6 Å². The molecule has 1 heteroatoms. The molecule has 0 spiro atoms. The Hall–Kier alpha value is -1.55. The fraction of sp³-hybridized carbons (Fsp3) is 0.550. The topological polar surface area (TPSA) is 23.8 Å². The maximum Gasteiger partial charge on any atom is 0.0991 e. The zero-order valence-corrected chi connectivity index (χ0v) is 13.2. The number of nitriles is 1. The maximum absolute atomic E-state index is 8.85. The van der Waals surface area contributed by atoms with Crippen molar-refractivity contribution in [2.24, 2.45) is 5.92 Å². The second-order valence-corrected chi connectivity index (χ2v) is 6.29. The van der Waals surface area contributed by atoms with E-state index in [1.165, 1.54) is 56.9 Å². The average molecular weight is 281 g/mol. The molecule has 0 N–H and O–H groups in total. The van der Waals surface area contributed by atoms with Gasteiger partial charge >= 0.3 is 0 Å². The fourth-order valence-corrected chi connectivity index (χ4v) is 3.35. The molecule has 0 aromatic heterocycles. The molecule has 0 bridgehead atoms. The third-order valence-electron chi connectivity index (χ3n) is 4.72. The van der Waals surface area contributed by atoms with Gasteiger partial charge in [0.15, 0.2) is 0 Å². The van der Waals surface area contributed by atoms with Crippen molar-refractivity contribution >= 4 is 0 Å². The molecule has 1 nitrogen and oxygen atoms in total. The minimum absolute atomic E-state index is 0.713. The van der Waals surface area contributed by atoms with Crippen molar-refractivity contribution in [2.45, 2.75) is 64.2 Å². The molecule has 1 aromatic carbocycles. The van der Waals surface area contributed by atoms with Crippen molar-refractivity contribution in [3.8, 4) is 6.07 Å². The first-order chi connectivity index (χ1) is 10.3. The van der Waals surface area contributed by atoms with E-state index in [4.69, 9.17) is 5.26 Å². The standard InChI is InChI=1S/C20H27N/c1-2-3-4-5-6-7-17-8-12-19(13-9-17)20-14-10-18(16-21)11-15-20/h4-5,10-11,14-15,17,19H,2-3,6-9,12-13H2,1H3/b5-4+/t17-,19-. The first kappa shape index (κ1) is 15.8. The summed E-state index contributed by atoms with van der Waals surface area (Å²) < 4.78 is 0. The Morgan fingerprint density at radius 3 is 2.33 bits per heavy atom. The summed E-state index contributed by atoms with van der Waals surface area (Å²) in [7, 11) is 0. The lowest BCUT2D eigenvalue weighted by atomic mass is 9.77. The van der Waals surface area contributed by atoms with E-state index < -0.39 is 0 Å². The van der Waals surface area contributed by atoms with Gasteiger partial charge in [-0.15, -0.1) is 0 Å². The summed E-state index contributed by atoms with van der Waals surface area (Å²) in [5.74, 6) is 1.63. The zero-order valence-electron chi connectivity index (χ0n) is 13.2. The molecule has 0 unspecified atom stereocenters. The van der Waals surface area contributed by atoms with Crippen molar-refractivity contribution in [3.05, 3.63) is 47.5 Å². The van der Waals surface area contributed by atoms with Gasteiger partial charge in [0.25, 0.3) is 0 Å². The molecule has 1 aliphatic carbocycles. The quantitative estimate of drug-likeness (QED) is 0.589. The van der Waals surface area contributed by atoms with E-state index >= 15 is 0 Å². The minimum atomic E-state index is 0.713. The Kier molecular flexibility index (Phi) is 6.54. The average Bonchev–Trinajstić information content (AvgIpc) is 2.55. The highest BCUT2D eigenvalue weighted by Crippen LogP contribution is 2.37. The number of nitrogens with zero attached hydrogens (tertiary/aromatic N) is 1. The molecular weight excluding hydrogens is 254 g/mol. The Balaban J connectivity index is 1.73. The molecule has 0 atom stereocenters. The van der Waals surface area contributed by atoms with Gasteiger partial charge in [-0.2, -0.15) is 5.26 Å². The SMILES string of the molecule is CCC/C=C/CC[C@H]1CC[C@H](c2ccc(C#N)cc2)CC1. The molecule has 1 aromatic rings. The largest absolute Gasteiger partial charge is 0.192 e. The molecule has 0 saturated heterocycles. The predicted octanol–water partition coefficient (Wildman–Crippen LogP) is 5.97. The number of rotatable bonds is 6. The Morgan fingerprint density at radius 1 is 1.05 bits per heavy atom. The highest BCUT2D eigenvalue weighted by Gasteiger charge is 2.21. The molecule has 112 valence electrons. The zero-order chi connectivity index (χ0) is 14.9. The number of unbranched alkanes of at least 4 members (excludes halogenated alkanes) is 1. The van der Waals surface area contributed by atoms with Crippen LogP contribution in [-0.2, 0) is 0 Å². The van der Waals surface area contributed by atoms with Crippen LogP contribution < -0.4 is 0 Å². The van der Waals surface area contributed by atoms with Crippen LogP contribution in [0.1, 0.15) is 75.3 Å². The second kappa shape index (κ2) is 8.67. The molecule has 21 heavy (non-hydrogen) atoms. The summed E-state index contributed by atoms with van der Waals surface area (Å²) in [5, 5.41) is 8.85. The molecule has 0 radical (unpaired) electrons. The van der Waals surface area contributed by atoms with Gasteiger partial charge in [-0.1, -0.05) is 37.6 Å². The lowest BCUT2D eigenvalue weighted by Crippen LogP contribution is -2.13. The van der Waals surface area contributed by atoms with Crippen molar-refractivity contribution in [1.29, 1.82) is 5.26 Å². The lowest BCUT2D eigenvalue weighted by molar-refractivity contribution is 0.312. The van der Waals surface area contributed by atoms with Crippen LogP contribution in [0.3, 0.4) is 0 Å². The molecule has 2 rings (SSSR count). The Morgan fingerprint density at radius 2 is 1.71 bits per heavy atom. The summed E-state index contributed by atoms with van der Waals surface area (Å²) in [6, 6.07) is 10.4. The first-order valence-electron chi connectivity index (χ1n) is 8.48. The van der Waals surface area contributed by atoms with Crippen LogP contribution >= 0.6 is 0 Å². The Bertz CT molecular complexity index is 470. The third kappa shape index (κ3) is 5.05. The summed E-state index contributed by atoms with van der Waals surface area (Å²) in [6.45, 7) is 2.23. The van der Waals surface area contributed by atoms with Gasteiger partial charge in [0.2, 0.25) is 0 Å². The fourth-order valence-electron chi connectivity index (χ4n) is 3.35. The van der Waals surface area contributed by atoms with Crippen LogP contribution in [0.15, 0.2) is 36.4 Å². The number of benzene rings is 1. The molecule has 0 aliphatic heterocycles. The van der Waals surface area contributed by atoms with Gasteiger partial charge in [0.1, 0.15) is 0 Å². The van der Waals surface area contributed by atoms with E-state index in [1.807, 2.05) is 12.1 Å². The molecule has 0 heterocycles. The van der Waals surface area contributed by atoms with Crippen LogP contribution in [0, 0.1) is 17.2 Å². The van der Waals surface area contributed by atoms with E-state index in [9.17, 15) is 0 Å². The van der Waals surface area contributed by atoms with Gasteiger partial charge < -0.3 is 0 Å². The van der Waals surface area contributed by atoms with Crippen LogP contribution in [0.2, 0.25) is 0 Å². The van der Waals surface area contributed by atoms with Crippen molar-refractivity contribution in [2.75, 3.05) is 0 Å². The van der Waals surface area contributed by atoms with E-state index in [0.29, 0.717) is 5.92 Å². The monoisotopic (exact) mass is 281 g/mol. The van der Waals surface area contributed by atoms with Gasteiger partial charge in [0, 0.05) is 0 Å². The number of allylic oxidation sites excluding steroid dienone is 2. The molecule has 1 saturated carbocycles. The molecule has 0 amide bonds. The third-order valence-corrected chi connectivity index (χ3v) is 4.72. The van der Waals surface area contributed by atoms with Crippen LogP contribution in [0.5, 0.6) is 0 Å². The molecule has 1 fully saturated rings. The summed E-state index contributed by atoms with van der Waals surface area (Å²) in [4.78, 5) is 0. The van der Waals surface area contributed by atoms with E-state index in [1.54, 1.807) is 0 Å². The smallest absolute Gasteiger partial charge is 0.0991 e. The van der Waals surface area contributed by atoms with E-state index in [2.05, 4.69) is 37.3 Å². The lowest BCUT2D eigenvalue weighted by Gasteiger charge is -2.28. The highest BCUT2D eigenvalue weighted by molar-refractivity contribution is 5.33. The second-order valence-electron chi connectivity index (χ2n) is 6.29. The number of hydrogen-bond acceptors (Lipinski definition) is 1. The molecular formula is C20H27N. The summed E-state index contributed by atoms with van der Waals surface area (Å²) in [5.41, 5.74) is 2.20. The van der Waals surface area contributed by atoms with Gasteiger partial charge in [-0.25, -0.2) is 0 Å². The van der Waals surface area contributed by atoms with Crippen molar-refractivity contribution in [3.63, 3.8) is 0 Å². The van der Waals surface area contributed by atoms with Crippen LogP contribution in [-0.4, -0.2) is 0 Å². The predicted molar refractivity (Wildman–Crippen MR) is 89.1 cm³/mol. The van der Waals surface area contributed by atoms with Crippen LogP contribution in [0.25, 0.3) is 0 Å². The van der Waals surface area contributed by atoms with Crippen LogP contribution in [0.4, 0.5) is 0 Å². The summed E-state index contributed by atoms with van der Waals surface area (Å²) in [6.07, 6.45) is 15.2. The summed E-state index contributed by atoms with van der Waals surface area (Å²) >= 11 is 0. The van der Waals surface area contributed by atoms with Crippen molar-refractivity contribution < 1.29 is 0 Å². The number of hydrogen-bond donors (Lipinski definition) is 0. The highest BCUT2D eigenvalue weighted by atomic mass is 14.3. The minimum Gasteiger partial charge on any atom is -0.192 e. The van der Waals surface area contributed by atoms with Gasteiger partial charge in [-0.3, -0.25) is 0 Å². The van der Waals surface area contributed by atoms with Gasteiger partial charge in [-0.05, 0) is 74.5 Å². The first-order valence-corrected chi connectivity index (χ1v) is 8.48.